The molecule has 0 saturated carbocycles. The van der Waals surface area contributed by atoms with Gasteiger partial charge >= 0.3 is 0 Å². The number of hydrogen-bond donors (Lipinski definition) is 1. The van der Waals surface area contributed by atoms with Crippen molar-refractivity contribution in [1.29, 1.82) is 0 Å². The SMILES string of the molecule is COc1ccc(N2C(=O)c3ccccc3[C@@H](C(=O)NCCC(C)C)[C@H]2c2ccsc2)cc1. The third-order valence-electron chi connectivity index (χ3n) is 5.88. The number of thiophene rings is 1. The van der Waals surface area contributed by atoms with Crippen LogP contribution in [0.15, 0.2) is 65.4 Å². The van der Waals surface area contributed by atoms with Gasteiger partial charge in [-0.05, 0) is 70.6 Å². The molecule has 2 aromatic carbocycles. The maximum atomic E-state index is 13.7. The lowest BCUT2D eigenvalue weighted by Crippen LogP contribution is -2.47. The average Bonchev–Trinajstić information content (AvgIpc) is 3.33. The first-order valence-corrected chi connectivity index (χ1v) is 11.8. The number of amides is 2. The minimum atomic E-state index is -0.507. The molecule has 6 heteroatoms. The smallest absolute Gasteiger partial charge is 0.259 e. The molecule has 0 unspecified atom stereocenters. The normalized spacial score (nSPS) is 17.9. The summed E-state index contributed by atoms with van der Waals surface area (Å²) in [4.78, 5) is 29.0. The van der Waals surface area contributed by atoms with Crippen molar-refractivity contribution in [3.8, 4) is 5.75 Å². The van der Waals surface area contributed by atoms with Gasteiger partial charge in [0.2, 0.25) is 5.91 Å². The third-order valence-corrected chi connectivity index (χ3v) is 6.58. The molecular formula is C26H28N2O3S. The monoisotopic (exact) mass is 448 g/mol. The summed E-state index contributed by atoms with van der Waals surface area (Å²) in [7, 11) is 1.61. The molecular weight excluding hydrogens is 420 g/mol. The number of hydrogen-bond acceptors (Lipinski definition) is 4. The van der Waals surface area contributed by atoms with E-state index in [9.17, 15) is 9.59 Å². The minimum absolute atomic E-state index is 0.0553. The number of benzene rings is 2. The van der Waals surface area contributed by atoms with Crippen LogP contribution in [0.3, 0.4) is 0 Å². The zero-order valence-corrected chi connectivity index (χ0v) is 19.4. The molecule has 0 bridgehead atoms. The Morgan fingerprint density at radius 2 is 1.88 bits per heavy atom. The molecule has 2 amide bonds. The number of carbonyl (C=O) groups is 2. The predicted octanol–water partition coefficient (Wildman–Crippen LogP) is 5.40. The van der Waals surface area contributed by atoms with Crippen LogP contribution in [-0.4, -0.2) is 25.5 Å². The molecule has 166 valence electrons. The van der Waals surface area contributed by atoms with Crippen molar-refractivity contribution in [3.63, 3.8) is 0 Å². The molecule has 0 saturated heterocycles. The second-order valence-electron chi connectivity index (χ2n) is 8.41. The van der Waals surface area contributed by atoms with Gasteiger partial charge in [0.25, 0.3) is 5.91 Å². The molecule has 3 aromatic rings. The Morgan fingerprint density at radius 1 is 1.12 bits per heavy atom. The van der Waals surface area contributed by atoms with Crippen molar-refractivity contribution in [2.45, 2.75) is 32.2 Å². The number of nitrogens with one attached hydrogen (secondary N) is 1. The van der Waals surface area contributed by atoms with E-state index in [0.29, 0.717) is 23.8 Å². The number of fused-ring (bicyclic) bond motifs is 1. The lowest BCUT2D eigenvalue weighted by molar-refractivity contribution is -0.123. The number of methoxy groups -OCH3 is 1. The molecule has 0 fully saturated rings. The van der Waals surface area contributed by atoms with E-state index in [-0.39, 0.29) is 11.8 Å². The van der Waals surface area contributed by atoms with Crippen LogP contribution in [0.1, 0.15) is 53.7 Å². The summed E-state index contributed by atoms with van der Waals surface area (Å²) in [6, 6.07) is 16.5. The standard InChI is InChI=1S/C26H28N2O3S/c1-17(2)12-14-27-25(29)23-21-6-4-5-7-22(21)26(30)28(24(23)18-13-15-32-16-18)19-8-10-20(31-3)11-9-19/h4-11,13,15-17,23-24H,12,14H2,1-3H3,(H,27,29)/t23-,24-/m1/s1. The molecule has 0 aliphatic carbocycles. The molecule has 2 atom stereocenters. The summed E-state index contributed by atoms with van der Waals surface area (Å²) in [6.45, 7) is 4.89. The van der Waals surface area contributed by atoms with Gasteiger partial charge in [-0.2, -0.15) is 11.3 Å². The third kappa shape index (κ3) is 4.28. The number of rotatable bonds is 7. The van der Waals surface area contributed by atoms with Crippen molar-refractivity contribution in [2.24, 2.45) is 5.92 Å². The highest BCUT2D eigenvalue weighted by Crippen LogP contribution is 2.45. The summed E-state index contributed by atoms with van der Waals surface area (Å²) in [5.41, 5.74) is 3.04. The Bertz CT molecular complexity index is 1080. The van der Waals surface area contributed by atoms with E-state index in [4.69, 9.17) is 4.74 Å². The maximum Gasteiger partial charge on any atom is 0.259 e. The van der Waals surface area contributed by atoms with Gasteiger partial charge in [0.05, 0.1) is 19.1 Å². The van der Waals surface area contributed by atoms with Gasteiger partial charge in [-0.15, -0.1) is 0 Å². The van der Waals surface area contributed by atoms with E-state index in [0.717, 1.165) is 23.2 Å². The molecule has 0 spiro atoms. The fourth-order valence-corrected chi connectivity index (χ4v) is 4.91. The first kappa shape index (κ1) is 22.1. The molecule has 4 rings (SSSR count). The van der Waals surface area contributed by atoms with Crippen LogP contribution < -0.4 is 15.0 Å². The molecule has 2 heterocycles. The molecule has 1 N–H and O–H groups in total. The largest absolute Gasteiger partial charge is 0.497 e. The van der Waals surface area contributed by atoms with Crippen LogP contribution in [0.2, 0.25) is 0 Å². The van der Waals surface area contributed by atoms with Gasteiger partial charge in [0.1, 0.15) is 5.75 Å². The first-order chi connectivity index (χ1) is 15.5. The Labute approximate surface area is 193 Å². The second-order valence-corrected chi connectivity index (χ2v) is 9.19. The Kier molecular flexibility index (Phi) is 6.61. The van der Waals surface area contributed by atoms with Crippen LogP contribution in [0.4, 0.5) is 5.69 Å². The molecule has 5 nitrogen and oxygen atoms in total. The topological polar surface area (TPSA) is 58.6 Å². The summed E-state index contributed by atoms with van der Waals surface area (Å²) < 4.78 is 5.30. The summed E-state index contributed by atoms with van der Waals surface area (Å²) in [5, 5.41) is 7.14. The first-order valence-electron chi connectivity index (χ1n) is 10.9. The van der Waals surface area contributed by atoms with Gasteiger partial charge < -0.3 is 10.1 Å². The lowest BCUT2D eigenvalue weighted by Gasteiger charge is -2.41. The maximum absolute atomic E-state index is 13.7. The van der Waals surface area contributed by atoms with Gasteiger partial charge in [-0.1, -0.05) is 32.0 Å². The highest BCUT2D eigenvalue weighted by Gasteiger charge is 2.44. The molecule has 32 heavy (non-hydrogen) atoms. The van der Waals surface area contributed by atoms with E-state index in [1.165, 1.54) is 0 Å². The molecule has 1 aliphatic rings. The van der Waals surface area contributed by atoms with E-state index in [1.807, 2.05) is 65.4 Å². The number of carbonyl (C=O) groups excluding carboxylic acids is 2. The zero-order valence-electron chi connectivity index (χ0n) is 18.6. The quantitative estimate of drug-likeness (QED) is 0.526. The average molecular weight is 449 g/mol. The summed E-state index contributed by atoms with van der Waals surface area (Å²) in [5.74, 6) is 0.550. The van der Waals surface area contributed by atoms with Crippen molar-refractivity contribution < 1.29 is 14.3 Å². The lowest BCUT2D eigenvalue weighted by atomic mass is 9.79. The number of anilines is 1. The fourth-order valence-electron chi connectivity index (χ4n) is 4.22. The Hall–Kier alpha value is -3.12. The second kappa shape index (κ2) is 9.57. The van der Waals surface area contributed by atoms with Crippen LogP contribution >= 0.6 is 11.3 Å². The number of nitrogens with zero attached hydrogens (tertiary/aromatic N) is 1. The van der Waals surface area contributed by atoms with E-state index < -0.39 is 12.0 Å². The fraction of sp³-hybridized carbons (Fsp3) is 0.308. The van der Waals surface area contributed by atoms with Crippen LogP contribution in [0.5, 0.6) is 5.75 Å². The van der Waals surface area contributed by atoms with Crippen LogP contribution in [0, 0.1) is 5.92 Å². The minimum Gasteiger partial charge on any atom is -0.497 e. The van der Waals surface area contributed by atoms with Crippen LogP contribution in [-0.2, 0) is 4.79 Å². The Balaban J connectivity index is 1.82. The van der Waals surface area contributed by atoms with E-state index >= 15 is 0 Å². The Morgan fingerprint density at radius 3 is 2.53 bits per heavy atom. The van der Waals surface area contributed by atoms with Crippen molar-refractivity contribution in [2.75, 3.05) is 18.6 Å². The van der Waals surface area contributed by atoms with Crippen molar-refractivity contribution in [1.82, 2.24) is 5.32 Å². The molecule has 1 aliphatic heterocycles. The van der Waals surface area contributed by atoms with Crippen molar-refractivity contribution >= 4 is 28.8 Å². The highest BCUT2D eigenvalue weighted by molar-refractivity contribution is 7.08. The van der Waals surface area contributed by atoms with Gasteiger partial charge in [-0.3, -0.25) is 14.5 Å². The zero-order chi connectivity index (χ0) is 22.7. The van der Waals surface area contributed by atoms with Gasteiger partial charge in [-0.25, -0.2) is 0 Å². The molecule has 0 radical (unpaired) electrons. The number of ether oxygens (including phenoxy) is 1. The summed E-state index contributed by atoms with van der Waals surface area (Å²) in [6.07, 6.45) is 0.907. The van der Waals surface area contributed by atoms with E-state index in [1.54, 1.807) is 23.3 Å². The van der Waals surface area contributed by atoms with Crippen molar-refractivity contribution in [3.05, 3.63) is 82.0 Å². The van der Waals surface area contributed by atoms with Crippen LogP contribution in [0.25, 0.3) is 0 Å². The summed E-state index contributed by atoms with van der Waals surface area (Å²) >= 11 is 1.56. The van der Waals surface area contributed by atoms with Gasteiger partial charge in [0, 0.05) is 17.8 Å². The van der Waals surface area contributed by atoms with E-state index in [2.05, 4.69) is 19.2 Å². The molecule has 1 aromatic heterocycles. The predicted molar refractivity (Wildman–Crippen MR) is 129 cm³/mol. The van der Waals surface area contributed by atoms with Gasteiger partial charge in [0.15, 0.2) is 0 Å². The highest BCUT2D eigenvalue weighted by atomic mass is 32.1.